The topological polar surface area (TPSA) is 139 Å². The quantitative estimate of drug-likeness (QED) is 0.148. The minimum absolute atomic E-state index is 0.0183. The first-order chi connectivity index (χ1) is 28.9. The van der Waals surface area contributed by atoms with Gasteiger partial charge in [-0.3, -0.25) is 28.4 Å². The van der Waals surface area contributed by atoms with Crippen LogP contribution in [-0.4, -0.2) is 83.4 Å². The van der Waals surface area contributed by atoms with Crippen molar-refractivity contribution in [2.45, 2.75) is 65.1 Å². The van der Waals surface area contributed by atoms with Crippen LogP contribution in [0.5, 0.6) is 17.2 Å². The first-order valence-electron chi connectivity index (χ1n) is 20.2. The van der Waals surface area contributed by atoms with Crippen molar-refractivity contribution in [3.63, 3.8) is 0 Å². The Bertz CT molecular complexity index is 2350. The lowest BCUT2D eigenvalue weighted by molar-refractivity contribution is 0.0687. The van der Waals surface area contributed by atoms with Crippen LogP contribution in [0.1, 0.15) is 74.2 Å². The van der Waals surface area contributed by atoms with Crippen LogP contribution in [0.15, 0.2) is 109 Å². The Morgan fingerprint density at radius 3 is 1.46 bits per heavy atom. The number of aryl methyl sites for hydroxylation is 1. The molecule has 2 amide bonds. The van der Waals surface area contributed by atoms with Crippen molar-refractivity contribution in [1.29, 1.82) is 0 Å². The van der Waals surface area contributed by atoms with E-state index in [-0.39, 0.29) is 17.6 Å². The number of nitrogens with zero attached hydrogens (tertiary/aromatic N) is 8. The predicted octanol–water partition coefficient (Wildman–Crippen LogP) is 6.31. The maximum Gasteiger partial charge on any atom is 0.272 e. The van der Waals surface area contributed by atoms with Gasteiger partial charge in [0.1, 0.15) is 71.2 Å². The van der Waals surface area contributed by atoms with Gasteiger partial charge in [0.15, 0.2) is 5.78 Å². The molecule has 6 aromatic rings. The molecule has 59 heavy (non-hydrogen) atoms. The summed E-state index contributed by atoms with van der Waals surface area (Å²) in [6.45, 7) is 5.88. The van der Waals surface area contributed by atoms with E-state index >= 15 is 0 Å². The number of ketones is 1. The first-order valence-corrected chi connectivity index (χ1v) is 20.2. The molecule has 14 heteroatoms. The van der Waals surface area contributed by atoms with E-state index in [1.54, 1.807) is 27.4 Å². The number of hydrogen-bond acceptors (Lipinski definition) is 9. The molecule has 1 aliphatic carbocycles. The highest BCUT2D eigenvalue weighted by molar-refractivity contribution is 5.95. The van der Waals surface area contributed by atoms with E-state index in [0.717, 1.165) is 79.4 Å². The second kappa shape index (κ2) is 18.3. The van der Waals surface area contributed by atoms with Gasteiger partial charge in [0, 0.05) is 39.6 Å². The third-order valence-electron chi connectivity index (χ3n) is 10.4. The Morgan fingerprint density at radius 2 is 0.983 bits per heavy atom. The average Bonchev–Trinajstić information content (AvgIpc) is 3.61. The molecule has 0 unspecified atom stereocenters. The number of rotatable bonds is 11. The third kappa shape index (κ3) is 10.1. The molecular weight excluding hydrogens is 749 g/mol. The number of carbonyl (C=O) groups excluding carboxylic acids is 3. The Balaban J connectivity index is 0.000000124. The molecule has 0 N–H and O–H groups in total. The molecule has 3 aromatic heterocycles. The summed E-state index contributed by atoms with van der Waals surface area (Å²) in [6, 6.07) is 34.4. The zero-order valence-electron chi connectivity index (χ0n) is 33.2. The number of carbonyl (C=O) groups is 3. The van der Waals surface area contributed by atoms with Gasteiger partial charge in [-0.1, -0.05) is 54.6 Å². The summed E-state index contributed by atoms with van der Waals surface area (Å²) in [5.74, 6) is 3.46. The fraction of sp³-hybridized carbons (Fsp3) is 0.333. The van der Waals surface area contributed by atoms with Crippen molar-refractivity contribution in [2.75, 3.05) is 26.7 Å². The largest absolute Gasteiger partial charge is 0.487 e. The summed E-state index contributed by atoms with van der Waals surface area (Å²) in [4.78, 5) is 39.8. The van der Waals surface area contributed by atoms with Crippen LogP contribution in [0.2, 0.25) is 0 Å². The zero-order chi connectivity index (χ0) is 40.6. The van der Waals surface area contributed by atoms with Crippen molar-refractivity contribution in [3.8, 4) is 17.2 Å². The molecule has 4 aliphatic rings. The number of hydrogen-bond donors (Lipinski definition) is 0. The molecule has 6 heterocycles. The molecule has 3 aliphatic heterocycles. The summed E-state index contributed by atoms with van der Waals surface area (Å²) in [6.07, 6.45) is 4.04. The van der Waals surface area contributed by atoms with Gasteiger partial charge in [-0.2, -0.15) is 15.3 Å². The van der Waals surface area contributed by atoms with Crippen LogP contribution in [0.4, 0.5) is 0 Å². The molecule has 0 radical (unpaired) electrons. The van der Waals surface area contributed by atoms with E-state index in [1.807, 2.05) is 113 Å². The number of ether oxygens (including phenoxy) is 3. The van der Waals surface area contributed by atoms with Crippen LogP contribution in [0, 0.1) is 5.92 Å². The normalized spacial score (nSPS) is 15.5. The lowest BCUT2D eigenvalue weighted by Crippen LogP contribution is -2.41. The third-order valence-corrected chi connectivity index (χ3v) is 10.4. The van der Waals surface area contributed by atoms with E-state index < -0.39 is 0 Å². The Morgan fingerprint density at radius 1 is 0.542 bits per heavy atom. The van der Waals surface area contributed by atoms with Gasteiger partial charge in [0.05, 0.1) is 13.1 Å². The summed E-state index contributed by atoms with van der Waals surface area (Å²) >= 11 is 0. The monoisotopic (exact) mass is 796 g/mol. The predicted molar refractivity (Wildman–Crippen MR) is 218 cm³/mol. The van der Waals surface area contributed by atoms with Gasteiger partial charge in [0.2, 0.25) is 0 Å². The maximum absolute atomic E-state index is 12.5. The maximum atomic E-state index is 12.5. The average molecular weight is 797 g/mol. The van der Waals surface area contributed by atoms with E-state index in [9.17, 15) is 14.4 Å². The van der Waals surface area contributed by atoms with Crippen LogP contribution >= 0.6 is 0 Å². The number of likely N-dealkylation sites (N-methyl/N-ethyl adjacent to an activating group) is 1. The van der Waals surface area contributed by atoms with E-state index in [1.165, 1.54) is 12.8 Å². The van der Waals surface area contributed by atoms with Crippen molar-refractivity contribution < 1.29 is 28.6 Å². The van der Waals surface area contributed by atoms with Crippen LogP contribution < -0.4 is 14.2 Å². The second-order valence-corrected chi connectivity index (χ2v) is 15.0. The Hall–Kier alpha value is -6.70. The zero-order valence-corrected chi connectivity index (χ0v) is 33.2. The Labute approximate surface area is 342 Å². The molecule has 0 bridgehead atoms. The summed E-state index contributed by atoms with van der Waals surface area (Å²) < 4.78 is 22.3. The van der Waals surface area contributed by atoms with Gasteiger partial charge >= 0.3 is 0 Å². The van der Waals surface area contributed by atoms with Crippen molar-refractivity contribution in [2.24, 2.45) is 5.92 Å². The Kier molecular flexibility index (Phi) is 12.1. The van der Waals surface area contributed by atoms with Crippen LogP contribution in [0.25, 0.3) is 0 Å². The van der Waals surface area contributed by atoms with Gasteiger partial charge in [-0.05, 0) is 79.8 Å². The van der Waals surface area contributed by atoms with E-state index in [4.69, 9.17) is 14.2 Å². The summed E-state index contributed by atoms with van der Waals surface area (Å²) in [7, 11) is 1.80. The van der Waals surface area contributed by atoms with Crippen molar-refractivity contribution in [3.05, 3.63) is 143 Å². The van der Waals surface area contributed by atoms with Gasteiger partial charge in [-0.25, -0.2) is 0 Å². The lowest BCUT2D eigenvalue weighted by atomic mass is 10.1. The second-order valence-electron chi connectivity index (χ2n) is 15.0. The van der Waals surface area contributed by atoms with Gasteiger partial charge < -0.3 is 24.0 Å². The minimum Gasteiger partial charge on any atom is -0.487 e. The number of para-hydroxylation sites is 3. The number of fused-ring (bicyclic) bond motifs is 3. The van der Waals surface area contributed by atoms with Crippen molar-refractivity contribution in [1.82, 2.24) is 39.1 Å². The van der Waals surface area contributed by atoms with E-state index in [2.05, 4.69) is 15.3 Å². The smallest absolute Gasteiger partial charge is 0.272 e. The lowest BCUT2D eigenvalue weighted by Gasteiger charge is -2.27. The highest BCUT2D eigenvalue weighted by atomic mass is 16.5. The van der Waals surface area contributed by atoms with Gasteiger partial charge in [0.25, 0.3) is 11.8 Å². The van der Waals surface area contributed by atoms with Crippen molar-refractivity contribution >= 4 is 17.6 Å². The number of Topliss-reactive ketones (excluding diaryl/α,β-unsaturated/α-hetero) is 1. The molecule has 1 fully saturated rings. The number of benzene rings is 3. The van der Waals surface area contributed by atoms with Crippen LogP contribution in [-0.2, 0) is 39.5 Å². The molecule has 1 saturated carbocycles. The minimum atomic E-state index is 0.0183. The molecule has 304 valence electrons. The highest BCUT2D eigenvalue weighted by Gasteiger charge is 2.32. The fourth-order valence-corrected chi connectivity index (χ4v) is 7.05. The molecule has 0 spiro atoms. The SMILES string of the molecule is CN1CCn2nc(COc3ccccc3)cc2C1=O.O=C1CCCn2nc(COc3ccccc3)cc21.O=C1c2cc(COc3ccccc3)nn2CCN1CC1CC1. The van der Waals surface area contributed by atoms with Gasteiger partial charge in [-0.15, -0.1) is 0 Å². The molecule has 0 saturated heterocycles. The molecule has 14 nitrogen and oxygen atoms in total. The molecule has 0 atom stereocenters. The summed E-state index contributed by atoms with van der Waals surface area (Å²) in [5.41, 5.74) is 4.44. The summed E-state index contributed by atoms with van der Waals surface area (Å²) in [5, 5.41) is 13.3. The number of amides is 2. The molecule has 3 aromatic carbocycles. The van der Waals surface area contributed by atoms with Crippen LogP contribution in [0.3, 0.4) is 0 Å². The molecule has 10 rings (SSSR count). The highest BCUT2D eigenvalue weighted by Crippen LogP contribution is 2.31. The number of aromatic nitrogens is 6. The molecular formula is C45H48N8O6. The standard InChI is InChI=1S/C17H19N3O2.C14H15N3O2.C14H14N2O2/c21-17-16-10-14(12-22-15-4-2-1-3-5-15)18-20(16)9-8-19(17)11-13-6-7-13;1-16-7-8-17-13(14(16)18)9-11(15-17)10-19-12-5-3-2-4-6-12;17-14-7-4-8-16-13(14)9-11(15-16)10-18-12-5-2-1-3-6-12/h1-5,10,13H,6-9,11-12H2;2-6,9H,7-8,10H2,1H3;1-3,5-6,9H,4,7-8,10H2. The van der Waals surface area contributed by atoms with E-state index in [0.29, 0.717) is 49.9 Å². The first kappa shape index (κ1) is 39.1. The fourth-order valence-electron chi connectivity index (χ4n) is 7.05.